The van der Waals surface area contributed by atoms with Crippen molar-refractivity contribution in [1.82, 2.24) is 9.97 Å². The van der Waals surface area contributed by atoms with Crippen LogP contribution < -0.4 is 9.80 Å². The van der Waals surface area contributed by atoms with Gasteiger partial charge in [-0.1, -0.05) is 0 Å². The number of hydrogen-bond donors (Lipinski definition) is 0. The zero-order valence-electron chi connectivity index (χ0n) is 15.7. The molecule has 0 spiro atoms. The Bertz CT molecular complexity index is 976. The Morgan fingerprint density at radius 1 is 1.24 bits per heavy atom. The Morgan fingerprint density at radius 3 is 2.79 bits per heavy atom. The summed E-state index contributed by atoms with van der Waals surface area (Å²) in [5.41, 5.74) is 0.926. The number of aryl methyl sites for hydroxylation is 2. The number of nitrogens with zero attached hydrogens (tertiary/aromatic N) is 4. The van der Waals surface area contributed by atoms with Crippen molar-refractivity contribution in [2.24, 2.45) is 0 Å². The van der Waals surface area contributed by atoms with Crippen LogP contribution in [0.5, 0.6) is 0 Å². The van der Waals surface area contributed by atoms with Crippen molar-refractivity contribution in [3.63, 3.8) is 0 Å². The number of hydrogen-bond acceptors (Lipinski definition) is 4. The van der Waals surface area contributed by atoms with Gasteiger partial charge in [-0.3, -0.25) is 19.5 Å². The highest BCUT2D eigenvalue weighted by Gasteiger charge is 2.42. The van der Waals surface area contributed by atoms with E-state index in [2.05, 4.69) is 9.97 Å². The molecule has 0 N–H and O–H groups in total. The van der Waals surface area contributed by atoms with Crippen LogP contribution in [0.15, 0.2) is 30.6 Å². The molecule has 0 radical (unpaired) electrons. The summed E-state index contributed by atoms with van der Waals surface area (Å²) < 4.78 is 39.7. The van der Waals surface area contributed by atoms with E-state index in [0.29, 0.717) is 6.54 Å². The van der Waals surface area contributed by atoms with Crippen molar-refractivity contribution in [3.05, 3.63) is 47.4 Å². The number of pyridine rings is 2. The van der Waals surface area contributed by atoms with Crippen LogP contribution in [0.1, 0.15) is 36.1 Å². The van der Waals surface area contributed by atoms with E-state index in [4.69, 9.17) is 0 Å². The minimum atomic E-state index is -4.57. The molecule has 6 nitrogen and oxygen atoms in total. The molecule has 1 fully saturated rings. The van der Waals surface area contributed by atoms with E-state index in [0.717, 1.165) is 41.1 Å². The lowest BCUT2D eigenvalue weighted by atomic mass is 10.0. The fourth-order valence-corrected chi connectivity index (χ4v) is 3.98. The average Bonchev–Trinajstić information content (AvgIpc) is 3.07. The Balaban J connectivity index is 1.70. The molecule has 2 amide bonds. The zero-order valence-corrected chi connectivity index (χ0v) is 15.7. The fourth-order valence-electron chi connectivity index (χ4n) is 3.98. The molecule has 0 bridgehead atoms. The Labute approximate surface area is 165 Å². The Morgan fingerprint density at radius 2 is 2.03 bits per heavy atom. The highest BCUT2D eigenvalue weighted by molar-refractivity contribution is 6.08. The lowest BCUT2D eigenvalue weighted by Crippen LogP contribution is -2.49. The number of anilines is 2. The van der Waals surface area contributed by atoms with Crippen LogP contribution >= 0.6 is 0 Å². The SMILES string of the molecule is Cc1cc(C(F)(F)F)cc(N2C(=O)CC[C@H]2C(=O)N2CCCc3cnccc32)n1. The molecule has 4 rings (SSSR count). The predicted octanol–water partition coefficient (Wildman–Crippen LogP) is 3.28. The Kier molecular flexibility index (Phi) is 4.76. The largest absolute Gasteiger partial charge is 0.416 e. The first kappa shape index (κ1) is 19.4. The quantitative estimate of drug-likeness (QED) is 0.771. The van der Waals surface area contributed by atoms with Gasteiger partial charge >= 0.3 is 6.18 Å². The van der Waals surface area contributed by atoms with Crippen LogP contribution in [0.25, 0.3) is 0 Å². The summed E-state index contributed by atoms with van der Waals surface area (Å²) in [6, 6.07) is 2.64. The van der Waals surface area contributed by atoms with Gasteiger partial charge in [0.2, 0.25) is 11.8 Å². The van der Waals surface area contributed by atoms with Gasteiger partial charge in [-0.15, -0.1) is 0 Å². The smallest absolute Gasteiger partial charge is 0.310 e. The minimum absolute atomic E-state index is 0.0877. The van der Waals surface area contributed by atoms with Crippen molar-refractivity contribution < 1.29 is 22.8 Å². The first-order valence-corrected chi connectivity index (χ1v) is 9.38. The molecule has 1 atom stereocenters. The highest BCUT2D eigenvalue weighted by Crippen LogP contribution is 2.35. The molecule has 0 aliphatic carbocycles. The summed E-state index contributed by atoms with van der Waals surface area (Å²) in [4.78, 5) is 36.8. The fraction of sp³-hybridized carbons (Fsp3) is 0.400. The molecule has 9 heteroatoms. The molecule has 0 aromatic carbocycles. The molecule has 2 aliphatic rings. The van der Waals surface area contributed by atoms with Crippen LogP contribution in [-0.4, -0.2) is 34.4 Å². The molecule has 0 saturated carbocycles. The Hall–Kier alpha value is -2.97. The second kappa shape index (κ2) is 7.13. The molecule has 1 saturated heterocycles. The van der Waals surface area contributed by atoms with Gasteiger partial charge < -0.3 is 4.90 Å². The van der Waals surface area contributed by atoms with E-state index >= 15 is 0 Å². The third kappa shape index (κ3) is 3.56. The molecule has 29 heavy (non-hydrogen) atoms. The number of carbonyl (C=O) groups excluding carboxylic acids is 2. The molecule has 2 aromatic rings. The normalized spacial score (nSPS) is 19.4. The van der Waals surface area contributed by atoms with E-state index in [1.807, 2.05) is 0 Å². The van der Waals surface area contributed by atoms with Gasteiger partial charge in [-0.2, -0.15) is 13.2 Å². The third-order valence-electron chi connectivity index (χ3n) is 5.27. The van der Waals surface area contributed by atoms with Crippen LogP contribution in [0.4, 0.5) is 24.7 Å². The lowest BCUT2D eigenvalue weighted by Gasteiger charge is -2.33. The van der Waals surface area contributed by atoms with Gasteiger partial charge in [0, 0.05) is 36.7 Å². The third-order valence-corrected chi connectivity index (χ3v) is 5.27. The number of carbonyl (C=O) groups is 2. The van der Waals surface area contributed by atoms with Crippen LogP contribution in [-0.2, 0) is 22.2 Å². The minimum Gasteiger partial charge on any atom is -0.310 e. The van der Waals surface area contributed by atoms with Crippen molar-refractivity contribution in [2.45, 2.75) is 44.8 Å². The van der Waals surface area contributed by atoms with E-state index in [1.165, 1.54) is 6.92 Å². The number of rotatable bonds is 2. The van der Waals surface area contributed by atoms with Gasteiger partial charge in [0.25, 0.3) is 0 Å². The van der Waals surface area contributed by atoms with Crippen molar-refractivity contribution in [3.8, 4) is 0 Å². The van der Waals surface area contributed by atoms with Gasteiger partial charge in [-0.05, 0) is 49.9 Å². The second-order valence-electron chi connectivity index (χ2n) is 7.27. The number of alkyl halides is 3. The lowest BCUT2D eigenvalue weighted by molar-refractivity contribution is -0.137. The zero-order chi connectivity index (χ0) is 20.8. The van der Waals surface area contributed by atoms with Gasteiger partial charge in [0.05, 0.1) is 5.56 Å². The van der Waals surface area contributed by atoms with Crippen LogP contribution in [0, 0.1) is 6.92 Å². The molecule has 2 aliphatic heterocycles. The number of amides is 2. The molecule has 2 aromatic heterocycles. The van der Waals surface area contributed by atoms with E-state index in [1.54, 1.807) is 23.4 Å². The summed E-state index contributed by atoms with van der Waals surface area (Å²) in [5, 5.41) is 0. The van der Waals surface area contributed by atoms with Crippen molar-refractivity contribution >= 4 is 23.3 Å². The predicted molar refractivity (Wildman–Crippen MR) is 99.4 cm³/mol. The van der Waals surface area contributed by atoms with Gasteiger partial charge in [0.15, 0.2) is 0 Å². The van der Waals surface area contributed by atoms with E-state index in [-0.39, 0.29) is 30.3 Å². The number of fused-ring (bicyclic) bond motifs is 1. The molecule has 0 unspecified atom stereocenters. The number of halogens is 3. The first-order valence-electron chi connectivity index (χ1n) is 9.38. The summed E-state index contributed by atoms with van der Waals surface area (Å²) in [5.74, 6) is -0.841. The molecule has 152 valence electrons. The van der Waals surface area contributed by atoms with Crippen molar-refractivity contribution in [1.29, 1.82) is 0 Å². The topological polar surface area (TPSA) is 66.4 Å². The van der Waals surface area contributed by atoms with Crippen molar-refractivity contribution in [2.75, 3.05) is 16.3 Å². The summed E-state index contributed by atoms with van der Waals surface area (Å²) in [6.45, 7) is 1.92. The number of aromatic nitrogens is 2. The van der Waals surface area contributed by atoms with Gasteiger partial charge in [0.1, 0.15) is 11.9 Å². The summed E-state index contributed by atoms with van der Waals surface area (Å²) in [6.07, 6.45) is 0.629. The maximum atomic E-state index is 13.3. The van der Waals surface area contributed by atoms with Crippen LogP contribution in [0.3, 0.4) is 0 Å². The maximum Gasteiger partial charge on any atom is 0.416 e. The molecular formula is C20H19F3N4O2. The summed E-state index contributed by atoms with van der Waals surface area (Å²) in [7, 11) is 0. The van der Waals surface area contributed by atoms with E-state index in [9.17, 15) is 22.8 Å². The summed E-state index contributed by atoms with van der Waals surface area (Å²) >= 11 is 0. The highest BCUT2D eigenvalue weighted by atomic mass is 19.4. The maximum absolute atomic E-state index is 13.3. The monoisotopic (exact) mass is 404 g/mol. The molecular weight excluding hydrogens is 385 g/mol. The molecule has 4 heterocycles. The first-order chi connectivity index (χ1) is 13.8. The standard InChI is InChI=1S/C20H19F3N4O2/c1-12-9-14(20(21,22)23)10-17(25-12)27-16(4-5-18(27)28)19(29)26-8-2-3-13-11-24-7-6-15(13)26/h6-7,9-11,16H,2-5,8H2,1H3/t16-/m0/s1. The average molecular weight is 404 g/mol. The van der Waals surface area contributed by atoms with Crippen LogP contribution in [0.2, 0.25) is 0 Å². The van der Waals surface area contributed by atoms with E-state index < -0.39 is 23.7 Å². The van der Waals surface area contributed by atoms with Gasteiger partial charge in [-0.25, -0.2) is 4.98 Å². The second-order valence-corrected chi connectivity index (χ2v) is 7.27.